The molecule has 0 aliphatic heterocycles. The third-order valence-electron chi connectivity index (χ3n) is 2.04. The predicted molar refractivity (Wildman–Crippen MR) is 65.5 cm³/mol. The van der Waals surface area contributed by atoms with E-state index in [9.17, 15) is 0 Å². The van der Waals surface area contributed by atoms with E-state index in [1.165, 1.54) is 10.4 Å². The van der Waals surface area contributed by atoms with Crippen molar-refractivity contribution in [1.82, 2.24) is 0 Å². The van der Waals surface area contributed by atoms with Crippen molar-refractivity contribution in [2.24, 2.45) is 0 Å². The van der Waals surface area contributed by atoms with E-state index in [1.807, 2.05) is 32.0 Å². The van der Waals surface area contributed by atoms with Crippen LogP contribution in [0.4, 0.5) is 0 Å². The molecule has 0 N–H and O–H groups in total. The fraction of sp³-hybridized carbons (Fsp3) is 0.231. The van der Waals surface area contributed by atoms with Gasteiger partial charge in [-0.1, -0.05) is 18.2 Å². The lowest BCUT2D eigenvalue weighted by atomic mass is 10.1. The molecule has 78 valence electrons. The van der Waals surface area contributed by atoms with Crippen molar-refractivity contribution >= 4 is 11.3 Å². The lowest BCUT2D eigenvalue weighted by molar-refractivity contribution is 0.243. The smallest absolute Gasteiger partial charge is 0.128 e. The van der Waals surface area contributed by atoms with Crippen molar-refractivity contribution < 1.29 is 4.74 Å². The van der Waals surface area contributed by atoms with Crippen LogP contribution in [0.15, 0.2) is 41.8 Å². The second-order valence-corrected chi connectivity index (χ2v) is 4.59. The van der Waals surface area contributed by atoms with E-state index in [4.69, 9.17) is 4.74 Å². The van der Waals surface area contributed by atoms with E-state index in [0.29, 0.717) is 0 Å². The summed E-state index contributed by atoms with van der Waals surface area (Å²) in [7, 11) is 0. The van der Waals surface area contributed by atoms with Gasteiger partial charge in [-0.05, 0) is 37.4 Å². The zero-order valence-electron chi connectivity index (χ0n) is 8.94. The Kier molecular flexibility index (Phi) is 3.07. The van der Waals surface area contributed by atoms with Gasteiger partial charge >= 0.3 is 0 Å². The summed E-state index contributed by atoms with van der Waals surface area (Å²) in [5.41, 5.74) is 1.18. The summed E-state index contributed by atoms with van der Waals surface area (Å²) < 4.78 is 5.78. The number of hydrogen-bond acceptors (Lipinski definition) is 2. The number of rotatable bonds is 3. The van der Waals surface area contributed by atoms with Crippen LogP contribution in [-0.2, 0) is 0 Å². The Hall–Kier alpha value is -1.28. The standard InChI is InChI=1S/C13H14OS/c1-10(2)14-12-7-4-3-6-11(12)13-8-5-9-15-13/h3-10H,1-2H3. The molecule has 0 fully saturated rings. The van der Waals surface area contributed by atoms with E-state index in [2.05, 4.69) is 23.6 Å². The number of para-hydroxylation sites is 1. The molecule has 0 aliphatic carbocycles. The third kappa shape index (κ3) is 2.39. The summed E-state index contributed by atoms with van der Waals surface area (Å²) in [6, 6.07) is 12.4. The van der Waals surface area contributed by atoms with Crippen LogP contribution < -0.4 is 4.74 Å². The molecule has 0 radical (unpaired) electrons. The highest BCUT2D eigenvalue weighted by atomic mass is 32.1. The van der Waals surface area contributed by atoms with Gasteiger partial charge in [-0.15, -0.1) is 11.3 Å². The molecule has 15 heavy (non-hydrogen) atoms. The van der Waals surface area contributed by atoms with Crippen LogP contribution in [0.1, 0.15) is 13.8 Å². The molecule has 0 aliphatic rings. The maximum atomic E-state index is 5.78. The van der Waals surface area contributed by atoms with Gasteiger partial charge in [-0.25, -0.2) is 0 Å². The van der Waals surface area contributed by atoms with Gasteiger partial charge in [0, 0.05) is 10.4 Å². The van der Waals surface area contributed by atoms with E-state index in [0.717, 1.165) is 5.75 Å². The average molecular weight is 218 g/mol. The third-order valence-corrected chi connectivity index (χ3v) is 2.94. The van der Waals surface area contributed by atoms with Crippen LogP contribution in [0.2, 0.25) is 0 Å². The van der Waals surface area contributed by atoms with Gasteiger partial charge in [0.2, 0.25) is 0 Å². The number of benzene rings is 1. The zero-order valence-corrected chi connectivity index (χ0v) is 9.75. The molecule has 0 saturated heterocycles. The highest BCUT2D eigenvalue weighted by molar-refractivity contribution is 7.13. The maximum Gasteiger partial charge on any atom is 0.128 e. The molecular weight excluding hydrogens is 204 g/mol. The average Bonchev–Trinajstić information content (AvgIpc) is 2.70. The minimum absolute atomic E-state index is 0.214. The van der Waals surface area contributed by atoms with Crippen LogP contribution in [-0.4, -0.2) is 6.10 Å². The topological polar surface area (TPSA) is 9.23 Å². The maximum absolute atomic E-state index is 5.78. The van der Waals surface area contributed by atoms with Gasteiger partial charge < -0.3 is 4.74 Å². The normalized spacial score (nSPS) is 10.6. The Bertz CT molecular complexity index is 418. The van der Waals surface area contributed by atoms with Crippen molar-refractivity contribution in [2.45, 2.75) is 20.0 Å². The van der Waals surface area contributed by atoms with E-state index in [-0.39, 0.29) is 6.10 Å². The Morgan fingerprint density at radius 1 is 1.07 bits per heavy atom. The molecular formula is C13H14OS. The van der Waals surface area contributed by atoms with Crippen LogP contribution in [0.3, 0.4) is 0 Å². The molecule has 0 bridgehead atoms. The molecule has 0 atom stereocenters. The molecule has 2 rings (SSSR count). The molecule has 1 aromatic carbocycles. The van der Waals surface area contributed by atoms with Gasteiger partial charge in [0.1, 0.15) is 5.75 Å². The predicted octanol–water partition coefficient (Wildman–Crippen LogP) is 4.20. The molecule has 1 nitrogen and oxygen atoms in total. The van der Waals surface area contributed by atoms with Crippen LogP contribution in [0, 0.1) is 0 Å². The molecule has 1 heterocycles. The summed E-state index contributed by atoms with van der Waals surface area (Å²) in [6.07, 6.45) is 0.214. The summed E-state index contributed by atoms with van der Waals surface area (Å²) in [5, 5.41) is 2.08. The Morgan fingerprint density at radius 2 is 1.87 bits per heavy atom. The number of hydrogen-bond donors (Lipinski definition) is 0. The van der Waals surface area contributed by atoms with Gasteiger partial charge in [0.15, 0.2) is 0 Å². The minimum atomic E-state index is 0.214. The van der Waals surface area contributed by atoms with Crippen molar-refractivity contribution in [2.75, 3.05) is 0 Å². The second kappa shape index (κ2) is 4.49. The molecule has 0 unspecified atom stereocenters. The van der Waals surface area contributed by atoms with E-state index in [1.54, 1.807) is 11.3 Å². The second-order valence-electron chi connectivity index (χ2n) is 3.64. The van der Waals surface area contributed by atoms with Crippen molar-refractivity contribution in [3.8, 4) is 16.2 Å². The Morgan fingerprint density at radius 3 is 2.53 bits per heavy atom. The van der Waals surface area contributed by atoms with Crippen molar-refractivity contribution in [3.05, 3.63) is 41.8 Å². The summed E-state index contributed by atoms with van der Waals surface area (Å²) in [4.78, 5) is 1.26. The highest BCUT2D eigenvalue weighted by Crippen LogP contribution is 2.33. The fourth-order valence-electron chi connectivity index (χ4n) is 1.46. The lowest BCUT2D eigenvalue weighted by Crippen LogP contribution is -2.06. The monoisotopic (exact) mass is 218 g/mol. The summed E-state index contributed by atoms with van der Waals surface area (Å²) in [6.45, 7) is 4.09. The SMILES string of the molecule is CC(C)Oc1ccccc1-c1cccs1. The Labute approximate surface area is 94.3 Å². The van der Waals surface area contributed by atoms with Gasteiger partial charge in [-0.2, -0.15) is 0 Å². The molecule has 1 aromatic heterocycles. The van der Waals surface area contributed by atoms with Crippen LogP contribution in [0.5, 0.6) is 5.75 Å². The van der Waals surface area contributed by atoms with Crippen LogP contribution in [0.25, 0.3) is 10.4 Å². The number of ether oxygens (including phenoxy) is 1. The van der Waals surface area contributed by atoms with Crippen molar-refractivity contribution in [3.63, 3.8) is 0 Å². The molecule has 0 saturated carbocycles. The van der Waals surface area contributed by atoms with Crippen molar-refractivity contribution in [1.29, 1.82) is 0 Å². The highest BCUT2D eigenvalue weighted by Gasteiger charge is 2.07. The summed E-state index contributed by atoms with van der Waals surface area (Å²) >= 11 is 1.74. The zero-order chi connectivity index (χ0) is 10.7. The first-order valence-electron chi connectivity index (χ1n) is 5.07. The number of thiophene rings is 1. The molecule has 0 amide bonds. The first-order valence-corrected chi connectivity index (χ1v) is 5.95. The lowest BCUT2D eigenvalue weighted by Gasteiger charge is -2.12. The van der Waals surface area contributed by atoms with Gasteiger partial charge in [0.25, 0.3) is 0 Å². The van der Waals surface area contributed by atoms with Gasteiger partial charge in [0.05, 0.1) is 6.10 Å². The van der Waals surface area contributed by atoms with Gasteiger partial charge in [-0.3, -0.25) is 0 Å². The minimum Gasteiger partial charge on any atom is -0.490 e. The molecule has 2 heteroatoms. The summed E-state index contributed by atoms with van der Waals surface area (Å²) in [5.74, 6) is 0.968. The molecule has 2 aromatic rings. The van der Waals surface area contributed by atoms with Crippen LogP contribution >= 0.6 is 11.3 Å². The first kappa shape index (κ1) is 10.2. The largest absolute Gasteiger partial charge is 0.490 e. The first-order chi connectivity index (χ1) is 7.27. The van der Waals surface area contributed by atoms with E-state index < -0.39 is 0 Å². The Balaban J connectivity index is 2.38. The fourth-order valence-corrected chi connectivity index (χ4v) is 2.22. The molecule has 0 spiro atoms. The van der Waals surface area contributed by atoms with E-state index >= 15 is 0 Å². The quantitative estimate of drug-likeness (QED) is 0.750.